The SMILES string of the molecule is C=C(C)C(=O)NCCCC(N)C(=O)O. The molecule has 0 aromatic carbocycles. The van der Waals surface area contributed by atoms with Crippen molar-refractivity contribution in [2.45, 2.75) is 25.8 Å². The Morgan fingerprint density at radius 3 is 2.57 bits per heavy atom. The summed E-state index contributed by atoms with van der Waals surface area (Å²) in [6.07, 6.45) is 0.901. The number of aliphatic carboxylic acids is 1. The van der Waals surface area contributed by atoms with Crippen LogP contribution in [0.5, 0.6) is 0 Å². The van der Waals surface area contributed by atoms with E-state index in [4.69, 9.17) is 10.8 Å². The van der Waals surface area contributed by atoms with Crippen LogP contribution in [-0.2, 0) is 9.59 Å². The summed E-state index contributed by atoms with van der Waals surface area (Å²) in [5.41, 5.74) is 5.70. The first kappa shape index (κ1) is 12.6. The van der Waals surface area contributed by atoms with Crippen molar-refractivity contribution in [1.82, 2.24) is 5.32 Å². The van der Waals surface area contributed by atoms with E-state index in [1.165, 1.54) is 0 Å². The third-order valence-corrected chi connectivity index (χ3v) is 1.68. The molecule has 0 heterocycles. The monoisotopic (exact) mass is 200 g/mol. The third-order valence-electron chi connectivity index (χ3n) is 1.68. The number of hydrogen-bond donors (Lipinski definition) is 3. The minimum absolute atomic E-state index is 0.214. The van der Waals surface area contributed by atoms with Gasteiger partial charge in [0.05, 0.1) is 0 Å². The minimum atomic E-state index is -1.02. The number of carboxylic acid groups (broad SMARTS) is 1. The molecule has 1 unspecified atom stereocenters. The van der Waals surface area contributed by atoms with Gasteiger partial charge in [-0.3, -0.25) is 9.59 Å². The first-order valence-corrected chi connectivity index (χ1v) is 4.37. The Balaban J connectivity index is 3.52. The van der Waals surface area contributed by atoms with Crippen molar-refractivity contribution in [3.05, 3.63) is 12.2 Å². The average Bonchev–Trinajstić information content (AvgIpc) is 2.11. The van der Waals surface area contributed by atoms with E-state index < -0.39 is 12.0 Å². The standard InChI is InChI=1S/C9H16N2O3/c1-6(2)8(12)11-5-3-4-7(10)9(13)14/h7H,1,3-5,10H2,2H3,(H,11,12)(H,13,14). The Morgan fingerprint density at radius 1 is 1.57 bits per heavy atom. The number of hydrogen-bond acceptors (Lipinski definition) is 3. The lowest BCUT2D eigenvalue weighted by Gasteiger charge is -2.07. The molecule has 1 atom stereocenters. The molecule has 0 radical (unpaired) electrons. The molecule has 0 aliphatic heterocycles. The molecular formula is C9H16N2O3. The molecule has 14 heavy (non-hydrogen) atoms. The highest BCUT2D eigenvalue weighted by Crippen LogP contribution is 1.94. The fourth-order valence-electron chi connectivity index (χ4n) is 0.798. The van der Waals surface area contributed by atoms with Crippen LogP contribution >= 0.6 is 0 Å². The van der Waals surface area contributed by atoms with Crippen molar-refractivity contribution in [3.63, 3.8) is 0 Å². The van der Waals surface area contributed by atoms with Crippen molar-refractivity contribution in [2.75, 3.05) is 6.54 Å². The van der Waals surface area contributed by atoms with E-state index in [0.29, 0.717) is 25.0 Å². The van der Waals surface area contributed by atoms with Crippen LogP contribution in [0.3, 0.4) is 0 Å². The minimum Gasteiger partial charge on any atom is -0.480 e. The van der Waals surface area contributed by atoms with Crippen LogP contribution in [0.2, 0.25) is 0 Å². The van der Waals surface area contributed by atoms with Gasteiger partial charge in [-0.25, -0.2) is 0 Å². The van der Waals surface area contributed by atoms with Gasteiger partial charge in [0.25, 0.3) is 0 Å². The Bertz CT molecular complexity index is 238. The largest absolute Gasteiger partial charge is 0.480 e. The zero-order chi connectivity index (χ0) is 11.1. The van der Waals surface area contributed by atoms with Gasteiger partial charge < -0.3 is 16.2 Å². The molecule has 0 bridgehead atoms. The number of amides is 1. The van der Waals surface area contributed by atoms with Gasteiger partial charge >= 0.3 is 5.97 Å². The summed E-state index contributed by atoms with van der Waals surface area (Å²) in [5, 5.41) is 11.0. The molecule has 0 aromatic heterocycles. The van der Waals surface area contributed by atoms with Gasteiger partial charge in [0.15, 0.2) is 0 Å². The topological polar surface area (TPSA) is 92.4 Å². The van der Waals surface area contributed by atoms with Crippen LogP contribution in [-0.4, -0.2) is 29.6 Å². The number of carbonyl (C=O) groups is 2. The lowest BCUT2D eigenvalue weighted by molar-refractivity contribution is -0.138. The number of rotatable bonds is 6. The predicted octanol–water partition coefficient (Wildman–Crippen LogP) is -0.129. The Kier molecular flexibility index (Phi) is 5.55. The number of nitrogens with two attached hydrogens (primary N) is 1. The van der Waals surface area contributed by atoms with E-state index >= 15 is 0 Å². The Labute approximate surface area is 83.0 Å². The van der Waals surface area contributed by atoms with Crippen molar-refractivity contribution in [1.29, 1.82) is 0 Å². The van der Waals surface area contributed by atoms with Gasteiger partial charge in [-0.2, -0.15) is 0 Å². The summed E-state index contributed by atoms with van der Waals surface area (Å²) in [4.78, 5) is 21.3. The molecule has 0 saturated heterocycles. The first-order chi connectivity index (χ1) is 6.45. The van der Waals surface area contributed by atoms with E-state index in [9.17, 15) is 9.59 Å². The average molecular weight is 200 g/mol. The Hall–Kier alpha value is -1.36. The summed E-state index contributed by atoms with van der Waals surface area (Å²) in [6, 6.07) is -0.850. The zero-order valence-corrected chi connectivity index (χ0v) is 8.25. The van der Waals surface area contributed by atoms with Gasteiger partial charge in [0.1, 0.15) is 6.04 Å². The molecule has 0 aromatic rings. The lowest BCUT2D eigenvalue weighted by Crippen LogP contribution is -2.32. The molecule has 0 rings (SSSR count). The van der Waals surface area contributed by atoms with Crippen LogP contribution in [0.1, 0.15) is 19.8 Å². The van der Waals surface area contributed by atoms with Crippen molar-refractivity contribution >= 4 is 11.9 Å². The molecule has 0 spiro atoms. The van der Waals surface area contributed by atoms with Crippen LogP contribution in [0.25, 0.3) is 0 Å². The first-order valence-electron chi connectivity index (χ1n) is 4.37. The van der Waals surface area contributed by atoms with Gasteiger partial charge in [0, 0.05) is 12.1 Å². The fourth-order valence-corrected chi connectivity index (χ4v) is 0.798. The molecule has 80 valence electrons. The second-order valence-electron chi connectivity index (χ2n) is 3.12. The van der Waals surface area contributed by atoms with Gasteiger partial charge in [-0.05, 0) is 19.8 Å². The smallest absolute Gasteiger partial charge is 0.320 e. The van der Waals surface area contributed by atoms with E-state index in [0.717, 1.165) is 0 Å². The van der Waals surface area contributed by atoms with E-state index in [2.05, 4.69) is 11.9 Å². The van der Waals surface area contributed by atoms with Crippen molar-refractivity contribution < 1.29 is 14.7 Å². The zero-order valence-electron chi connectivity index (χ0n) is 8.25. The number of nitrogens with one attached hydrogen (secondary N) is 1. The van der Waals surface area contributed by atoms with Gasteiger partial charge in [-0.15, -0.1) is 0 Å². The molecule has 0 aliphatic rings. The summed E-state index contributed by atoms with van der Waals surface area (Å²) >= 11 is 0. The molecule has 0 fully saturated rings. The lowest BCUT2D eigenvalue weighted by atomic mass is 10.2. The van der Waals surface area contributed by atoms with Crippen LogP contribution < -0.4 is 11.1 Å². The Morgan fingerprint density at radius 2 is 2.14 bits per heavy atom. The van der Waals surface area contributed by atoms with Gasteiger partial charge in [-0.1, -0.05) is 6.58 Å². The molecule has 0 aliphatic carbocycles. The van der Waals surface area contributed by atoms with Crippen LogP contribution in [0.15, 0.2) is 12.2 Å². The molecule has 4 N–H and O–H groups in total. The van der Waals surface area contributed by atoms with Crippen LogP contribution in [0.4, 0.5) is 0 Å². The predicted molar refractivity (Wildman–Crippen MR) is 52.7 cm³/mol. The molecule has 0 saturated carbocycles. The van der Waals surface area contributed by atoms with Crippen molar-refractivity contribution in [2.24, 2.45) is 5.73 Å². The highest BCUT2D eigenvalue weighted by Gasteiger charge is 2.10. The van der Waals surface area contributed by atoms with E-state index in [-0.39, 0.29) is 5.91 Å². The second kappa shape index (κ2) is 6.15. The summed E-state index contributed by atoms with van der Waals surface area (Å²) < 4.78 is 0. The molecular weight excluding hydrogens is 184 g/mol. The summed E-state index contributed by atoms with van der Waals surface area (Å²) in [7, 11) is 0. The highest BCUT2D eigenvalue weighted by molar-refractivity contribution is 5.92. The van der Waals surface area contributed by atoms with Crippen LogP contribution in [0, 0.1) is 0 Å². The quantitative estimate of drug-likeness (QED) is 0.411. The van der Waals surface area contributed by atoms with E-state index in [1.54, 1.807) is 6.92 Å². The fraction of sp³-hybridized carbons (Fsp3) is 0.556. The highest BCUT2D eigenvalue weighted by atomic mass is 16.4. The third kappa shape index (κ3) is 5.31. The summed E-state index contributed by atoms with van der Waals surface area (Å²) in [5.74, 6) is -1.23. The maximum absolute atomic E-state index is 11.0. The molecule has 1 amide bonds. The number of carbonyl (C=O) groups excluding carboxylic acids is 1. The van der Waals surface area contributed by atoms with Gasteiger partial charge in [0.2, 0.25) is 5.91 Å². The second-order valence-corrected chi connectivity index (χ2v) is 3.12. The maximum Gasteiger partial charge on any atom is 0.320 e. The number of carboxylic acids is 1. The van der Waals surface area contributed by atoms with Crippen molar-refractivity contribution in [3.8, 4) is 0 Å². The maximum atomic E-state index is 11.0. The molecule has 5 nitrogen and oxygen atoms in total. The normalized spacial score (nSPS) is 11.9. The molecule has 5 heteroatoms. The van der Waals surface area contributed by atoms with E-state index in [1.807, 2.05) is 0 Å². The summed E-state index contributed by atoms with van der Waals surface area (Å²) in [6.45, 7) is 5.50.